The number of aliphatic carboxylic acids is 1. The van der Waals surface area contributed by atoms with Gasteiger partial charge in [0.05, 0.1) is 11.4 Å². The van der Waals surface area contributed by atoms with Crippen molar-refractivity contribution >= 4 is 40.9 Å². The maximum absolute atomic E-state index is 11.6. The predicted octanol–water partition coefficient (Wildman–Crippen LogP) is 1.86. The number of carboxylic acids is 1. The second kappa shape index (κ2) is 4.35. The molecule has 1 aliphatic heterocycles. The van der Waals surface area contributed by atoms with E-state index in [1.807, 2.05) is 0 Å². The summed E-state index contributed by atoms with van der Waals surface area (Å²) in [5.41, 5.74) is 0.580. The highest BCUT2D eigenvalue weighted by molar-refractivity contribution is 8.00. The maximum Gasteiger partial charge on any atom is 0.323 e. The van der Waals surface area contributed by atoms with Crippen LogP contribution < -0.4 is 4.90 Å². The molecule has 1 aromatic rings. The standard InChI is InChI=1S/C10H8ClNO3S/c11-6-1-2-8-7(3-6)12(4-10(14)15)9(13)5-16-8/h1-3H,4-5H2,(H,14,15). The number of halogens is 1. The second-order valence-electron chi connectivity index (χ2n) is 3.27. The van der Waals surface area contributed by atoms with Gasteiger partial charge in [-0.25, -0.2) is 0 Å². The van der Waals surface area contributed by atoms with Crippen molar-refractivity contribution in [2.45, 2.75) is 4.90 Å². The minimum absolute atomic E-state index is 0.206. The fourth-order valence-corrected chi connectivity index (χ4v) is 2.57. The Labute approximate surface area is 101 Å². The molecule has 84 valence electrons. The molecule has 1 amide bonds. The molecule has 1 aromatic carbocycles. The van der Waals surface area contributed by atoms with E-state index in [1.54, 1.807) is 18.2 Å². The Bertz CT molecular complexity index is 463. The molecule has 6 heteroatoms. The second-order valence-corrected chi connectivity index (χ2v) is 4.73. The van der Waals surface area contributed by atoms with E-state index in [-0.39, 0.29) is 18.2 Å². The quantitative estimate of drug-likeness (QED) is 0.879. The van der Waals surface area contributed by atoms with E-state index in [0.29, 0.717) is 10.7 Å². The Morgan fingerprint density at radius 2 is 2.31 bits per heavy atom. The van der Waals surface area contributed by atoms with Crippen LogP contribution in [0.15, 0.2) is 23.1 Å². The SMILES string of the molecule is O=C(O)CN1C(=O)CSc2ccc(Cl)cc21. The number of carbonyl (C=O) groups excluding carboxylic acids is 1. The lowest BCUT2D eigenvalue weighted by Crippen LogP contribution is -2.39. The van der Waals surface area contributed by atoms with Gasteiger partial charge in [0, 0.05) is 9.92 Å². The molecule has 1 aliphatic rings. The molecular formula is C10H8ClNO3S. The number of fused-ring (bicyclic) bond motifs is 1. The summed E-state index contributed by atoms with van der Waals surface area (Å²) in [6.07, 6.45) is 0. The predicted molar refractivity (Wildman–Crippen MR) is 62.2 cm³/mol. The number of nitrogens with zero attached hydrogens (tertiary/aromatic N) is 1. The zero-order valence-electron chi connectivity index (χ0n) is 8.14. The van der Waals surface area contributed by atoms with Crippen molar-refractivity contribution in [2.24, 2.45) is 0 Å². The molecule has 0 atom stereocenters. The smallest absolute Gasteiger partial charge is 0.323 e. The average molecular weight is 258 g/mol. The summed E-state index contributed by atoms with van der Waals surface area (Å²) in [5, 5.41) is 9.23. The van der Waals surface area contributed by atoms with Crippen molar-refractivity contribution < 1.29 is 14.7 Å². The third-order valence-electron chi connectivity index (χ3n) is 2.16. The van der Waals surface area contributed by atoms with Gasteiger partial charge in [-0.1, -0.05) is 11.6 Å². The number of amides is 1. The Morgan fingerprint density at radius 3 is 3.00 bits per heavy atom. The van der Waals surface area contributed by atoms with Crippen LogP contribution in [0.4, 0.5) is 5.69 Å². The summed E-state index contributed by atoms with van der Waals surface area (Å²) in [5.74, 6) is -0.976. The first-order valence-electron chi connectivity index (χ1n) is 4.52. The summed E-state index contributed by atoms with van der Waals surface area (Å²) >= 11 is 7.23. The molecule has 1 heterocycles. The summed E-state index contributed by atoms with van der Waals surface area (Å²) < 4.78 is 0. The zero-order valence-corrected chi connectivity index (χ0v) is 9.72. The minimum atomic E-state index is -1.04. The van der Waals surface area contributed by atoms with Gasteiger partial charge in [-0.3, -0.25) is 14.5 Å². The van der Waals surface area contributed by atoms with E-state index < -0.39 is 5.97 Å². The van der Waals surface area contributed by atoms with E-state index in [2.05, 4.69) is 0 Å². The van der Waals surface area contributed by atoms with Gasteiger partial charge in [0.25, 0.3) is 0 Å². The minimum Gasteiger partial charge on any atom is -0.480 e. The van der Waals surface area contributed by atoms with Crippen LogP contribution in [-0.4, -0.2) is 29.3 Å². The molecule has 0 bridgehead atoms. The van der Waals surface area contributed by atoms with Gasteiger partial charge < -0.3 is 5.11 Å². The van der Waals surface area contributed by atoms with Gasteiger partial charge in [0.15, 0.2) is 0 Å². The normalized spacial score (nSPS) is 14.8. The Kier molecular flexibility index (Phi) is 3.07. The van der Waals surface area contributed by atoms with Crippen LogP contribution >= 0.6 is 23.4 Å². The van der Waals surface area contributed by atoms with Gasteiger partial charge in [0.2, 0.25) is 5.91 Å². The van der Waals surface area contributed by atoms with E-state index in [9.17, 15) is 9.59 Å². The van der Waals surface area contributed by atoms with Crippen LogP contribution in [0.3, 0.4) is 0 Å². The first kappa shape index (κ1) is 11.3. The highest BCUT2D eigenvalue weighted by Gasteiger charge is 2.26. The van der Waals surface area contributed by atoms with Gasteiger partial charge in [-0.2, -0.15) is 0 Å². The van der Waals surface area contributed by atoms with Gasteiger partial charge >= 0.3 is 5.97 Å². The summed E-state index contributed by atoms with van der Waals surface area (Å²) in [7, 11) is 0. The molecule has 1 N–H and O–H groups in total. The van der Waals surface area contributed by atoms with Crippen LogP contribution in [0, 0.1) is 0 Å². The molecule has 0 aromatic heterocycles. The molecule has 0 spiro atoms. The summed E-state index contributed by atoms with van der Waals surface area (Å²) in [4.78, 5) is 24.4. The number of benzene rings is 1. The third kappa shape index (κ3) is 2.15. The molecule has 0 unspecified atom stereocenters. The third-order valence-corrected chi connectivity index (χ3v) is 3.44. The average Bonchev–Trinajstić information content (AvgIpc) is 2.22. The van der Waals surface area contributed by atoms with Crippen molar-refractivity contribution in [2.75, 3.05) is 17.2 Å². The Morgan fingerprint density at radius 1 is 1.56 bits per heavy atom. The number of hydrogen-bond acceptors (Lipinski definition) is 3. The van der Waals surface area contributed by atoms with Gasteiger partial charge in [0.1, 0.15) is 6.54 Å². The van der Waals surface area contributed by atoms with Gasteiger partial charge in [-0.05, 0) is 18.2 Å². The van der Waals surface area contributed by atoms with Gasteiger partial charge in [-0.15, -0.1) is 11.8 Å². The highest BCUT2D eigenvalue weighted by Crippen LogP contribution is 2.36. The molecule has 0 saturated carbocycles. The fourth-order valence-electron chi connectivity index (χ4n) is 1.48. The van der Waals surface area contributed by atoms with Crippen LogP contribution in [-0.2, 0) is 9.59 Å². The first-order chi connectivity index (χ1) is 7.58. The summed E-state index contributed by atoms with van der Waals surface area (Å²) in [6, 6.07) is 5.13. The topological polar surface area (TPSA) is 57.6 Å². The van der Waals surface area contributed by atoms with Crippen molar-refractivity contribution in [3.63, 3.8) is 0 Å². The number of thioether (sulfide) groups is 1. The van der Waals surface area contributed by atoms with Crippen LogP contribution in [0.1, 0.15) is 0 Å². The molecule has 0 fully saturated rings. The Balaban J connectivity index is 2.42. The molecule has 0 saturated heterocycles. The molecular weight excluding hydrogens is 250 g/mol. The van der Waals surface area contributed by atoms with Crippen LogP contribution in [0.25, 0.3) is 0 Å². The van der Waals surface area contributed by atoms with Crippen molar-refractivity contribution in [1.82, 2.24) is 0 Å². The highest BCUT2D eigenvalue weighted by atomic mass is 35.5. The number of anilines is 1. The molecule has 4 nitrogen and oxygen atoms in total. The molecule has 2 rings (SSSR count). The van der Waals surface area contributed by atoms with Crippen molar-refractivity contribution in [3.8, 4) is 0 Å². The van der Waals surface area contributed by atoms with E-state index in [0.717, 1.165) is 4.90 Å². The Hall–Kier alpha value is -1.20. The van der Waals surface area contributed by atoms with Crippen LogP contribution in [0.5, 0.6) is 0 Å². The monoisotopic (exact) mass is 257 g/mol. The number of hydrogen-bond donors (Lipinski definition) is 1. The summed E-state index contributed by atoms with van der Waals surface area (Å²) in [6.45, 7) is -0.327. The van der Waals surface area contributed by atoms with E-state index in [1.165, 1.54) is 16.7 Å². The molecule has 0 radical (unpaired) electrons. The first-order valence-corrected chi connectivity index (χ1v) is 5.89. The lowest BCUT2D eigenvalue weighted by Gasteiger charge is -2.27. The molecule has 0 aliphatic carbocycles. The van der Waals surface area contributed by atoms with Crippen molar-refractivity contribution in [1.29, 1.82) is 0 Å². The maximum atomic E-state index is 11.6. The largest absolute Gasteiger partial charge is 0.480 e. The van der Waals surface area contributed by atoms with E-state index >= 15 is 0 Å². The number of carboxylic acid groups (broad SMARTS) is 1. The van der Waals surface area contributed by atoms with Crippen LogP contribution in [0.2, 0.25) is 5.02 Å². The lowest BCUT2D eigenvalue weighted by molar-refractivity contribution is -0.136. The fraction of sp³-hybridized carbons (Fsp3) is 0.200. The number of rotatable bonds is 2. The number of carbonyl (C=O) groups is 2. The molecule has 16 heavy (non-hydrogen) atoms. The van der Waals surface area contributed by atoms with E-state index in [4.69, 9.17) is 16.7 Å². The lowest BCUT2D eigenvalue weighted by atomic mass is 10.2. The van der Waals surface area contributed by atoms with Crippen molar-refractivity contribution in [3.05, 3.63) is 23.2 Å². The zero-order chi connectivity index (χ0) is 11.7.